The van der Waals surface area contributed by atoms with Gasteiger partial charge in [-0.2, -0.15) is 0 Å². The highest BCUT2D eigenvalue weighted by Crippen LogP contribution is 2.68. The number of benzene rings is 7. The summed E-state index contributed by atoms with van der Waals surface area (Å²) < 4.78 is 20.5. The molecule has 3 aliphatic carbocycles. The van der Waals surface area contributed by atoms with Gasteiger partial charge in [-0.1, -0.05) is 140 Å². The predicted molar refractivity (Wildman–Crippen MR) is 218 cm³/mol. The van der Waals surface area contributed by atoms with Crippen LogP contribution in [-0.2, 0) is 20.1 Å². The minimum atomic E-state index is -0.692. The Hall–Kier alpha value is -5.68. The zero-order valence-electron chi connectivity index (χ0n) is 30.7. The molecule has 0 radical (unpaired) electrons. The second kappa shape index (κ2) is 10.1. The molecule has 2 spiro atoms. The van der Waals surface area contributed by atoms with Crippen molar-refractivity contribution in [2.45, 2.75) is 49.7 Å². The quantitative estimate of drug-likeness (QED) is 0.160. The highest BCUT2D eigenvalue weighted by atomic mass is 16.7. The summed E-state index contributed by atoms with van der Waals surface area (Å²) in [4.78, 5) is 0. The molecule has 4 aliphatic rings. The minimum absolute atomic E-state index is 0.503. The first-order chi connectivity index (χ1) is 26.3. The second-order valence-corrected chi connectivity index (χ2v) is 16.5. The number of furan rings is 1. The van der Waals surface area contributed by atoms with Crippen LogP contribution in [0.5, 0.6) is 0 Å². The molecule has 0 saturated carbocycles. The third-order valence-corrected chi connectivity index (χ3v) is 13.6. The zero-order chi connectivity index (χ0) is 36.2. The summed E-state index contributed by atoms with van der Waals surface area (Å²) >= 11 is 0. The summed E-state index contributed by atoms with van der Waals surface area (Å²) in [6.45, 7) is 8.58. The average Bonchev–Trinajstić information content (AvgIpc) is 3.88. The van der Waals surface area contributed by atoms with Crippen LogP contribution in [0.3, 0.4) is 0 Å². The van der Waals surface area contributed by atoms with Gasteiger partial charge >= 0.3 is 7.12 Å². The monoisotopic (exact) mass is 696 g/mol. The van der Waals surface area contributed by atoms with Crippen LogP contribution in [0.1, 0.15) is 72.2 Å². The largest absolute Gasteiger partial charge is 0.495 e. The molecule has 0 unspecified atom stereocenters. The van der Waals surface area contributed by atoms with Gasteiger partial charge in [0.2, 0.25) is 0 Å². The normalized spacial score (nSPS) is 18.4. The van der Waals surface area contributed by atoms with Crippen LogP contribution < -0.4 is 5.46 Å². The van der Waals surface area contributed by atoms with Crippen LogP contribution in [0.25, 0.3) is 44.2 Å². The number of rotatable bonds is 1. The SMILES string of the molecule is CC1(C)OB(c2cccc3c2C2(c4ccccc4C4(c5ccccc5-c5ccccc54)c4ccccc42)c2ccc4oc5ccccc5c4c2-3)OC1(C)C. The van der Waals surface area contributed by atoms with Gasteiger partial charge in [0.1, 0.15) is 11.2 Å². The van der Waals surface area contributed by atoms with Gasteiger partial charge < -0.3 is 13.7 Å². The number of para-hydroxylation sites is 1. The molecule has 1 aliphatic heterocycles. The van der Waals surface area contributed by atoms with E-state index in [9.17, 15) is 0 Å². The van der Waals surface area contributed by atoms with Crippen LogP contribution >= 0.6 is 0 Å². The molecule has 0 bridgehead atoms. The summed E-state index contributed by atoms with van der Waals surface area (Å²) in [6, 6.07) is 56.3. The van der Waals surface area contributed by atoms with Crippen LogP contribution in [0.15, 0.2) is 156 Å². The summed E-state index contributed by atoms with van der Waals surface area (Å²) in [5, 5.41) is 2.28. The van der Waals surface area contributed by atoms with E-state index in [0.717, 1.165) is 27.4 Å². The molecular weight excluding hydrogens is 659 g/mol. The van der Waals surface area contributed by atoms with E-state index in [1.807, 2.05) is 0 Å². The molecule has 0 atom stereocenters. The van der Waals surface area contributed by atoms with Gasteiger partial charge in [0.25, 0.3) is 0 Å². The molecule has 0 amide bonds. The molecule has 7 aromatic carbocycles. The lowest BCUT2D eigenvalue weighted by atomic mass is 9.51. The van der Waals surface area contributed by atoms with Crippen molar-refractivity contribution >= 4 is 34.5 Å². The van der Waals surface area contributed by atoms with Gasteiger partial charge in [-0.15, -0.1) is 0 Å². The van der Waals surface area contributed by atoms with Crippen molar-refractivity contribution in [2.75, 3.05) is 0 Å². The zero-order valence-corrected chi connectivity index (χ0v) is 30.7. The molecular formula is C50H37BO3. The van der Waals surface area contributed by atoms with Crippen molar-refractivity contribution < 1.29 is 13.7 Å². The van der Waals surface area contributed by atoms with E-state index in [0.29, 0.717) is 0 Å². The molecule has 0 N–H and O–H groups in total. The first-order valence-corrected chi connectivity index (χ1v) is 19.1. The van der Waals surface area contributed by atoms with Gasteiger partial charge in [-0.25, -0.2) is 0 Å². The van der Waals surface area contributed by atoms with E-state index >= 15 is 0 Å². The maximum Gasteiger partial charge on any atom is 0.495 e. The second-order valence-electron chi connectivity index (χ2n) is 16.5. The number of hydrogen-bond acceptors (Lipinski definition) is 3. The summed E-state index contributed by atoms with van der Waals surface area (Å²) in [5.74, 6) is 0. The maximum atomic E-state index is 6.97. The third-order valence-electron chi connectivity index (χ3n) is 13.6. The van der Waals surface area contributed by atoms with Crippen molar-refractivity contribution in [1.29, 1.82) is 0 Å². The fourth-order valence-corrected chi connectivity index (χ4v) is 10.8. The van der Waals surface area contributed by atoms with E-state index < -0.39 is 29.2 Å². The van der Waals surface area contributed by atoms with E-state index in [2.05, 4.69) is 179 Å². The van der Waals surface area contributed by atoms with Crippen molar-refractivity contribution in [3.63, 3.8) is 0 Å². The lowest BCUT2D eigenvalue weighted by Gasteiger charge is -2.49. The highest BCUT2D eigenvalue weighted by Gasteiger charge is 2.61. The average molecular weight is 697 g/mol. The molecule has 2 heterocycles. The van der Waals surface area contributed by atoms with E-state index in [1.165, 1.54) is 66.8 Å². The summed E-state index contributed by atoms with van der Waals surface area (Å²) in [7, 11) is -0.559. The van der Waals surface area contributed by atoms with Crippen LogP contribution in [0.2, 0.25) is 0 Å². The van der Waals surface area contributed by atoms with E-state index in [-0.39, 0.29) is 0 Å². The summed E-state index contributed by atoms with van der Waals surface area (Å²) in [5.41, 5.74) is 16.0. The first kappa shape index (κ1) is 30.8. The Morgan fingerprint density at radius 3 is 1.52 bits per heavy atom. The van der Waals surface area contributed by atoms with E-state index in [4.69, 9.17) is 13.7 Å². The summed E-state index contributed by atoms with van der Waals surface area (Å²) in [6.07, 6.45) is 0. The topological polar surface area (TPSA) is 31.6 Å². The molecule has 54 heavy (non-hydrogen) atoms. The van der Waals surface area contributed by atoms with Crippen molar-refractivity contribution in [3.05, 3.63) is 196 Å². The number of fused-ring (bicyclic) bond motifs is 20. The van der Waals surface area contributed by atoms with Gasteiger partial charge in [-0.05, 0) is 112 Å². The lowest BCUT2D eigenvalue weighted by Crippen LogP contribution is -2.48. The minimum Gasteiger partial charge on any atom is -0.456 e. The van der Waals surface area contributed by atoms with Crippen molar-refractivity contribution in [3.8, 4) is 22.3 Å². The Labute approximate surface area is 315 Å². The van der Waals surface area contributed by atoms with Crippen LogP contribution in [0, 0.1) is 0 Å². The molecule has 4 heteroatoms. The number of hydrogen-bond donors (Lipinski definition) is 0. The smallest absolute Gasteiger partial charge is 0.456 e. The molecule has 258 valence electrons. The lowest BCUT2D eigenvalue weighted by molar-refractivity contribution is 0.00578. The maximum absolute atomic E-state index is 6.97. The highest BCUT2D eigenvalue weighted by molar-refractivity contribution is 6.63. The predicted octanol–water partition coefficient (Wildman–Crippen LogP) is 10.9. The van der Waals surface area contributed by atoms with Crippen LogP contribution in [-0.4, -0.2) is 18.3 Å². The third kappa shape index (κ3) is 3.40. The Kier molecular flexibility index (Phi) is 5.75. The van der Waals surface area contributed by atoms with Crippen molar-refractivity contribution in [2.24, 2.45) is 0 Å². The molecule has 1 fully saturated rings. The Morgan fingerprint density at radius 1 is 0.407 bits per heavy atom. The van der Waals surface area contributed by atoms with E-state index in [1.54, 1.807) is 0 Å². The molecule has 12 rings (SSSR count). The fraction of sp³-hybridized carbons (Fsp3) is 0.160. The molecule has 8 aromatic rings. The Morgan fingerprint density at radius 2 is 0.907 bits per heavy atom. The van der Waals surface area contributed by atoms with Gasteiger partial charge in [0.15, 0.2) is 0 Å². The van der Waals surface area contributed by atoms with Crippen LogP contribution in [0.4, 0.5) is 0 Å². The molecule has 3 nitrogen and oxygen atoms in total. The fourth-order valence-electron chi connectivity index (χ4n) is 10.8. The van der Waals surface area contributed by atoms with Gasteiger partial charge in [0.05, 0.1) is 22.0 Å². The van der Waals surface area contributed by atoms with Gasteiger partial charge in [0, 0.05) is 10.8 Å². The Bertz CT molecular complexity index is 2820. The molecule has 1 aromatic heterocycles. The Balaban J connectivity index is 1.29. The van der Waals surface area contributed by atoms with Crippen molar-refractivity contribution in [1.82, 2.24) is 0 Å². The van der Waals surface area contributed by atoms with Gasteiger partial charge in [-0.3, -0.25) is 0 Å². The first-order valence-electron chi connectivity index (χ1n) is 19.1. The standard InChI is InChI=1S/C50H37BO3/c1-47(2)48(3,4)54-51(53-47)41-26-15-19-33-44-40(28-29-43-45(44)32-18-7-14-27-42(32)52-43)50(46(33)41)38-24-12-10-22-36(38)49(37-23-11-13-25-39(37)50)34-20-8-5-16-30(34)31-17-6-9-21-35(31)49/h5-29H,1-4H3. The molecule has 1 saturated heterocycles.